The number of carbonyl (C=O) groups excluding carboxylic acids is 1. The van der Waals surface area contributed by atoms with Gasteiger partial charge in [-0.1, -0.05) is 66.4 Å². The first kappa shape index (κ1) is 23.4. The van der Waals surface area contributed by atoms with Crippen LogP contribution in [0, 0.1) is 11.3 Å². The van der Waals surface area contributed by atoms with Crippen LogP contribution >= 0.6 is 11.8 Å². The van der Waals surface area contributed by atoms with E-state index in [4.69, 9.17) is 15.0 Å². The number of hydrogen-bond acceptors (Lipinski definition) is 5. The van der Waals surface area contributed by atoms with E-state index in [2.05, 4.69) is 28.8 Å². The summed E-state index contributed by atoms with van der Waals surface area (Å²) >= 11 is 1.42. The molecule has 1 heterocycles. The zero-order valence-corrected chi connectivity index (χ0v) is 19.9. The molecule has 4 rings (SSSR count). The molecule has 0 atom stereocenters. The fraction of sp³-hybridized carbons (Fsp3) is 0.222. The van der Waals surface area contributed by atoms with E-state index in [1.165, 1.54) is 17.3 Å². The number of aryl methyl sites for hydroxylation is 2. The summed E-state index contributed by atoms with van der Waals surface area (Å²) in [4.78, 5) is 19.7. The van der Waals surface area contributed by atoms with Crippen molar-refractivity contribution in [1.82, 2.24) is 9.55 Å². The standard InChI is InChI=1S/C27H26N4O2S/c1-33-25-15-8-7-14-24(25)30(18-9-17-28)26(32)20-34-27-29-22-12-5-6-13-23(22)31(27)19-16-21-10-3-2-4-11-21/h2-8,10-15H,9,16,18-20H2,1H3. The number of carbonyl (C=O) groups is 1. The van der Waals surface area contributed by atoms with Gasteiger partial charge in [-0.3, -0.25) is 4.79 Å². The number of benzene rings is 3. The number of thioether (sulfide) groups is 1. The number of ether oxygens (including phenoxy) is 1. The molecule has 0 N–H and O–H groups in total. The van der Waals surface area contributed by atoms with Gasteiger partial charge in [-0.05, 0) is 36.2 Å². The van der Waals surface area contributed by atoms with Crippen molar-refractivity contribution >= 4 is 34.4 Å². The number of amides is 1. The number of hydrogen-bond donors (Lipinski definition) is 0. The summed E-state index contributed by atoms with van der Waals surface area (Å²) in [7, 11) is 1.58. The summed E-state index contributed by atoms with van der Waals surface area (Å²) in [6.07, 6.45) is 1.11. The molecule has 6 nitrogen and oxygen atoms in total. The molecule has 0 spiro atoms. The van der Waals surface area contributed by atoms with E-state index >= 15 is 0 Å². The molecule has 0 saturated heterocycles. The molecule has 0 bridgehead atoms. The van der Waals surface area contributed by atoms with Crippen molar-refractivity contribution in [1.29, 1.82) is 5.26 Å². The summed E-state index contributed by atoms with van der Waals surface area (Å²) in [6.45, 7) is 1.08. The van der Waals surface area contributed by atoms with Gasteiger partial charge in [0.1, 0.15) is 5.75 Å². The smallest absolute Gasteiger partial charge is 0.237 e. The Kier molecular flexibility index (Phi) is 7.84. The lowest BCUT2D eigenvalue weighted by Crippen LogP contribution is -2.33. The molecule has 0 aliphatic carbocycles. The van der Waals surface area contributed by atoms with E-state index in [9.17, 15) is 4.79 Å². The van der Waals surface area contributed by atoms with Crippen LogP contribution in [0.5, 0.6) is 5.75 Å². The van der Waals surface area contributed by atoms with Crippen LogP contribution in [0.2, 0.25) is 0 Å². The Hall–Kier alpha value is -3.76. The lowest BCUT2D eigenvalue weighted by Gasteiger charge is -2.23. The minimum Gasteiger partial charge on any atom is -0.495 e. The first-order chi connectivity index (χ1) is 16.7. The van der Waals surface area contributed by atoms with E-state index in [-0.39, 0.29) is 18.1 Å². The van der Waals surface area contributed by atoms with Crippen LogP contribution in [0.1, 0.15) is 12.0 Å². The minimum absolute atomic E-state index is 0.0913. The van der Waals surface area contributed by atoms with Crippen molar-refractivity contribution in [2.75, 3.05) is 24.3 Å². The Morgan fingerprint density at radius 2 is 1.79 bits per heavy atom. The van der Waals surface area contributed by atoms with Crippen LogP contribution in [0.3, 0.4) is 0 Å². The number of methoxy groups -OCH3 is 1. The lowest BCUT2D eigenvalue weighted by molar-refractivity contribution is -0.116. The Labute approximate surface area is 203 Å². The molecule has 0 aliphatic heterocycles. The highest BCUT2D eigenvalue weighted by atomic mass is 32.2. The maximum absolute atomic E-state index is 13.3. The molecule has 0 radical (unpaired) electrons. The highest BCUT2D eigenvalue weighted by Gasteiger charge is 2.21. The number of fused-ring (bicyclic) bond motifs is 1. The molecule has 172 valence electrons. The van der Waals surface area contributed by atoms with Crippen molar-refractivity contribution < 1.29 is 9.53 Å². The lowest BCUT2D eigenvalue weighted by atomic mass is 10.1. The maximum Gasteiger partial charge on any atom is 0.237 e. The molecular formula is C27H26N4O2S. The van der Waals surface area contributed by atoms with Crippen molar-refractivity contribution in [3.8, 4) is 11.8 Å². The Bertz CT molecular complexity index is 1300. The van der Waals surface area contributed by atoms with Crippen LogP contribution in [0.15, 0.2) is 84.0 Å². The number of para-hydroxylation sites is 4. The predicted octanol–water partition coefficient (Wildman–Crippen LogP) is 5.33. The second-order valence-electron chi connectivity index (χ2n) is 7.68. The average Bonchev–Trinajstić information content (AvgIpc) is 3.24. The van der Waals surface area contributed by atoms with Gasteiger partial charge in [0.05, 0.1) is 42.1 Å². The summed E-state index contributed by atoms with van der Waals surface area (Å²) < 4.78 is 7.64. The second-order valence-corrected chi connectivity index (χ2v) is 8.63. The summed E-state index contributed by atoms with van der Waals surface area (Å²) in [5.74, 6) is 0.721. The Morgan fingerprint density at radius 1 is 1.06 bits per heavy atom. The fourth-order valence-electron chi connectivity index (χ4n) is 3.86. The number of rotatable bonds is 10. The van der Waals surface area contributed by atoms with E-state index in [1.807, 2.05) is 60.7 Å². The van der Waals surface area contributed by atoms with Crippen LogP contribution in [0.25, 0.3) is 11.0 Å². The van der Waals surface area contributed by atoms with Gasteiger partial charge in [0, 0.05) is 13.1 Å². The van der Waals surface area contributed by atoms with Gasteiger partial charge >= 0.3 is 0 Å². The third kappa shape index (κ3) is 5.41. The van der Waals surface area contributed by atoms with Crippen LogP contribution in [-0.2, 0) is 17.8 Å². The number of imidazole rings is 1. The van der Waals surface area contributed by atoms with E-state index < -0.39 is 0 Å². The molecule has 0 saturated carbocycles. The first-order valence-electron chi connectivity index (χ1n) is 11.1. The van der Waals surface area contributed by atoms with Crippen molar-refractivity contribution in [3.63, 3.8) is 0 Å². The number of nitrogens with zero attached hydrogens (tertiary/aromatic N) is 4. The van der Waals surface area contributed by atoms with E-state index in [0.29, 0.717) is 18.0 Å². The average molecular weight is 471 g/mol. The van der Waals surface area contributed by atoms with Crippen LogP contribution in [0.4, 0.5) is 5.69 Å². The van der Waals surface area contributed by atoms with Crippen LogP contribution < -0.4 is 9.64 Å². The molecule has 7 heteroatoms. The second kappa shape index (κ2) is 11.4. The molecule has 1 aromatic heterocycles. The quantitative estimate of drug-likeness (QED) is 0.293. The van der Waals surface area contributed by atoms with E-state index in [0.717, 1.165) is 29.2 Å². The zero-order chi connectivity index (χ0) is 23.8. The Morgan fingerprint density at radius 3 is 2.59 bits per heavy atom. The topological polar surface area (TPSA) is 71.2 Å². The fourth-order valence-corrected chi connectivity index (χ4v) is 4.78. The Balaban J connectivity index is 1.55. The summed E-state index contributed by atoms with van der Waals surface area (Å²) in [5.41, 5.74) is 3.89. The number of anilines is 1. The van der Waals surface area contributed by atoms with Gasteiger partial charge in [0.2, 0.25) is 5.91 Å². The SMILES string of the molecule is COc1ccccc1N(CCC#N)C(=O)CSc1nc2ccccc2n1CCc1ccccc1. The predicted molar refractivity (Wildman–Crippen MR) is 136 cm³/mol. The highest BCUT2D eigenvalue weighted by Crippen LogP contribution is 2.30. The molecule has 4 aromatic rings. The molecular weight excluding hydrogens is 444 g/mol. The first-order valence-corrected chi connectivity index (χ1v) is 12.1. The molecule has 34 heavy (non-hydrogen) atoms. The highest BCUT2D eigenvalue weighted by molar-refractivity contribution is 7.99. The third-order valence-electron chi connectivity index (χ3n) is 5.54. The molecule has 0 unspecified atom stereocenters. The number of aromatic nitrogens is 2. The minimum atomic E-state index is -0.0913. The molecule has 1 amide bonds. The van der Waals surface area contributed by atoms with Gasteiger partial charge in [0.15, 0.2) is 5.16 Å². The summed E-state index contributed by atoms with van der Waals surface area (Å²) in [6, 6.07) is 27.9. The van der Waals surface area contributed by atoms with Crippen LogP contribution in [-0.4, -0.2) is 34.9 Å². The van der Waals surface area contributed by atoms with Gasteiger partial charge in [-0.15, -0.1) is 0 Å². The summed E-state index contributed by atoms with van der Waals surface area (Å²) in [5, 5.41) is 9.92. The maximum atomic E-state index is 13.3. The van der Waals surface area contributed by atoms with Crippen molar-refractivity contribution in [2.45, 2.75) is 24.5 Å². The van der Waals surface area contributed by atoms with Crippen molar-refractivity contribution in [3.05, 3.63) is 84.4 Å². The molecule has 0 aliphatic rings. The zero-order valence-electron chi connectivity index (χ0n) is 19.1. The largest absolute Gasteiger partial charge is 0.495 e. The van der Waals surface area contributed by atoms with Gasteiger partial charge in [-0.25, -0.2) is 4.98 Å². The normalized spacial score (nSPS) is 10.7. The number of nitriles is 1. The van der Waals surface area contributed by atoms with E-state index in [1.54, 1.807) is 12.0 Å². The van der Waals surface area contributed by atoms with Gasteiger partial charge in [0.25, 0.3) is 0 Å². The van der Waals surface area contributed by atoms with Crippen molar-refractivity contribution in [2.24, 2.45) is 0 Å². The molecule has 3 aromatic carbocycles. The van der Waals surface area contributed by atoms with Gasteiger partial charge in [-0.2, -0.15) is 5.26 Å². The third-order valence-corrected chi connectivity index (χ3v) is 6.50. The monoisotopic (exact) mass is 470 g/mol. The molecule has 0 fully saturated rings. The van der Waals surface area contributed by atoms with Gasteiger partial charge < -0.3 is 14.2 Å².